The predicted octanol–water partition coefficient (Wildman–Crippen LogP) is 1.02. The van der Waals surface area contributed by atoms with E-state index in [0.29, 0.717) is 11.1 Å². The molecule has 39 heavy (non-hydrogen) atoms. The van der Waals surface area contributed by atoms with Crippen LogP contribution in [0, 0.1) is 0 Å². The summed E-state index contributed by atoms with van der Waals surface area (Å²) in [5, 5.41) is 13.8. The Morgan fingerprint density at radius 1 is 1.08 bits per heavy atom. The molecule has 3 N–H and O–H groups in total. The second-order valence-corrected chi connectivity index (χ2v) is 8.48. The van der Waals surface area contributed by atoms with Crippen LogP contribution in [-0.4, -0.2) is 86.4 Å². The Morgan fingerprint density at radius 2 is 1.82 bits per heavy atom. The SMILES string of the molecule is O=C(CCNC(=O)C1=CC2OCOC2C(OC(=O)c2ccc(C=CC(=O)OCC(F)(F)F)cc2)C1)NCCO. The number of carbonyl (C=O) groups is 4. The number of nitrogens with one attached hydrogen (secondary N) is 2. The highest BCUT2D eigenvalue weighted by Crippen LogP contribution is 2.30. The van der Waals surface area contributed by atoms with Crippen molar-refractivity contribution >= 4 is 29.8 Å². The zero-order chi connectivity index (χ0) is 28.4. The lowest BCUT2D eigenvalue weighted by atomic mass is 9.91. The average molecular weight is 556 g/mol. The third kappa shape index (κ3) is 9.50. The minimum atomic E-state index is -4.63. The number of ether oxygens (including phenoxy) is 4. The highest BCUT2D eigenvalue weighted by Gasteiger charge is 2.42. The molecule has 0 radical (unpaired) electrons. The molecule has 1 heterocycles. The van der Waals surface area contributed by atoms with Crippen molar-refractivity contribution < 1.29 is 56.4 Å². The number of carbonyl (C=O) groups excluding carboxylic acids is 4. The van der Waals surface area contributed by atoms with E-state index in [9.17, 15) is 32.3 Å². The molecule has 1 aromatic carbocycles. The zero-order valence-corrected chi connectivity index (χ0v) is 20.6. The van der Waals surface area contributed by atoms with E-state index in [1.165, 1.54) is 30.3 Å². The molecule has 1 aromatic rings. The maximum atomic E-state index is 12.8. The highest BCUT2D eigenvalue weighted by molar-refractivity contribution is 5.94. The van der Waals surface area contributed by atoms with E-state index in [4.69, 9.17) is 19.3 Å². The summed E-state index contributed by atoms with van der Waals surface area (Å²) in [6.07, 6.45) is -3.00. The molecule has 212 valence electrons. The summed E-state index contributed by atoms with van der Waals surface area (Å²) in [6.45, 7) is -1.76. The maximum Gasteiger partial charge on any atom is 0.422 e. The lowest BCUT2D eigenvalue weighted by Crippen LogP contribution is -2.43. The number of alkyl halides is 3. The van der Waals surface area contributed by atoms with Crippen molar-refractivity contribution in [2.24, 2.45) is 0 Å². The van der Waals surface area contributed by atoms with Gasteiger partial charge in [-0.3, -0.25) is 9.59 Å². The van der Waals surface area contributed by atoms with Gasteiger partial charge < -0.3 is 34.7 Å². The molecule has 0 spiro atoms. The molecule has 1 saturated heterocycles. The zero-order valence-electron chi connectivity index (χ0n) is 20.6. The molecule has 2 aliphatic rings. The van der Waals surface area contributed by atoms with Crippen LogP contribution in [0.4, 0.5) is 13.2 Å². The molecule has 0 bridgehead atoms. The molecule has 3 atom stereocenters. The van der Waals surface area contributed by atoms with Crippen LogP contribution in [0.25, 0.3) is 6.08 Å². The fourth-order valence-electron chi connectivity index (χ4n) is 3.71. The van der Waals surface area contributed by atoms with E-state index >= 15 is 0 Å². The monoisotopic (exact) mass is 556 g/mol. The fraction of sp³-hybridized carbons (Fsp3) is 0.440. The van der Waals surface area contributed by atoms with E-state index in [1.807, 2.05) is 0 Å². The first kappa shape index (κ1) is 29.8. The van der Waals surface area contributed by atoms with Gasteiger partial charge in [0.2, 0.25) is 11.8 Å². The van der Waals surface area contributed by atoms with E-state index < -0.39 is 48.9 Å². The smallest absolute Gasteiger partial charge is 0.422 e. The number of aliphatic hydroxyl groups is 1. The van der Waals surface area contributed by atoms with E-state index in [-0.39, 0.29) is 50.8 Å². The summed E-state index contributed by atoms with van der Waals surface area (Å²) in [7, 11) is 0. The van der Waals surface area contributed by atoms with Gasteiger partial charge in [-0.15, -0.1) is 0 Å². The highest BCUT2D eigenvalue weighted by atomic mass is 19.4. The summed E-state index contributed by atoms with van der Waals surface area (Å²) in [5.74, 6) is -2.66. The number of amides is 2. The molecule has 1 aliphatic heterocycles. The van der Waals surface area contributed by atoms with Gasteiger partial charge in [-0.2, -0.15) is 13.2 Å². The number of benzene rings is 1. The van der Waals surface area contributed by atoms with Crippen LogP contribution in [0.1, 0.15) is 28.8 Å². The Hall–Kier alpha value is -3.75. The van der Waals surface area contributed by atoms with Crippen molar-refractivity contribution in [2.45, 2.75) is 37.3 Å². The summed E-state index contributed by atoms with van der Waals surface area (Å²) < 4.78 is 57.0. The third-order valence-electron chi connectivity index (χ3n) is 5.56. The van der Waals surface area contributed by atoms with Crippen molar-refractivity contribution in [1.29, 1.82) is 0 Å². The Morgan fingerprint density at radius 3 is 2.51 bits per heavy atom. The Kier molecular flexibility index (Phi) is 10.6. The van der Waals surface area contributed by atoms with Gasteiger partial charge >= 0.3 is 18.1 Å². The molecule has 1 fully saturated rings. The topological polar surface area (TPSA) is 149 Å². The van der Waals surface area contributed by atoms with E-state index in [1.54, 1.807) is 6.08 Å². The molecule has 0 aromatic heterocycles. The standard InChI is InChI=1S/C25H27F3N2O9/c26-25(27,28)13-36-21(33)6-3-15-1-4-16(5-2-15)24(35)39-19-12-17(11-18-22(19)38-14-37-18)23(34)30-8-7-20(32)29-9-10-31/h1-6,11,18-19,22,31H,7-10,12-14H2,(H,29,32)(H,30,34). The van der Waals surface area contributed by atoms with Crippen molar-refractivity contribution in [3.63, 3.8) is 0 Å². The van der Waals surface area contributed by atoms with Gasteiger partial charge in [0, 0.05) is 37.6 Å². The number of rotatable bonds is 11. The van der Waals surface area contributed by atoms with Crippen LogP contribution in [0.5, 0.6) is 0 Å². The molecule has 3 rings (SSSR count). The minimum Gasteiger partial charge on any atom is -0.456 e. The van der Waals surface area contributed by atoms with Crippen LogP contribution < -0.4 is 10.6 Å². The number of esters is 2. The number of halogens is 3. The van der Waals surface area contributed by atoms with Crippen molar-refractivity contribution in [3.8, 4) is 0 Å². The van der Waals surface area contributed by atoms with Gasteiger partial charge in [0.25, 0.3) is 0 Å². The Balaban J connectivity index is 1.55. The molecule has 3 unspecified atom stereocenters. The lowest BCUT2D eigenvalue weighted by molar-refractivity contribution is -0.182. The van der Waals surface area contributed by atoms with Crippen LogP contribution in [0.3, 0.4) is 0 Å². The Labute approximate surface area is 220 Å². The van der Waals surface area contributed by atoms with Gasteiger partial charge in [0.1, 0.15) is 25.1 Å². The maximum absolute atomic E-state index is 12.8. The number of hydrogen-bond acceptors (Lipinski definition) is 9. The fourth-order valence-corrected chi connectivity index (χ4v) is 3.71. The van der Waals surface area contributed by atoms with Crippen LogP contribution in [0.2, 0.25) is 0 Å². The normalized spacial score (nSPS) is 20.6. The summed E-state index contributed by atoms with van der Waals surface area (Å²) in [5.41, 5.74) is 0.873. The van der Waals surface area contributed by atoms with Gasteiger partial charge in [-0.1, -0.05) is 12.1 Å². The first-order valence-electron chi connectivity index (χ1n) is 11.9. The summed E-state index contributed by atoms with van der Waals surface area (Å²) in [4.78, 5) is 48.4. The number of fused-ring (bicyclic) bond motifs is 1. The second kappa shape index (κ2) is 13.9. The van der Waals surface area contributed by atoms with Gasteiger partial charge in [-0.05, 0) is 29.8 Å². The first-order valence-corrected chi connectivity index (χ1v) is 11.9. The molecule has 2 amide bonds. The van der Waals surface area contributed by atoms with Crippen LogP contribution in [-0.2, 0) is 33.3 Å². The predicted molar refractivity (Wildman–Crippen MR) is 127 cm³/mol. The van der Waals surface area contributed by atoms with Crippen molar-refractivity contribution in [3.05, 3.63) is 53.1 Å². The largest absolute Gasteiger partial charge is 0.456 e. The van der Waals surface area contributed by atoms with Gasteiger partial charge in [0.05, 0.1) is 12.2 Å². The summed E-state index contributed by atoms with van der Waals surface area (Å²) >= 11 is 0. The average Bonchev–Trinajstić information content (AvgIpc) is 3.38. The Bertz CT molecular complexity index is 1100. The minimum absolute atomic E-state index is 0.0169. The second-order valence-electron chi connectivity index (χ2n) is 8.48. The molecule has 14 heteroatoms. The molecule has 0 saturated carbocycles. The first-order chi connectivity index (χ1) is 18.6. The van der Waals surface area contributed by atoms with Crippen molar-refractivity contribution in [2.75, 3.05) is 33.1 Å². The van der Waals surface area contributed by atoms with Crippen LogP contribution in [0.15, 0.2) is 42.0 Å². The number of hydrogen-bond donors (Lipinski definition) is 3. The molecule has 1 aliphatic carbocycles. The molecule has 11 nitrogen and oxygen atoms in total. The van der Waals surface area contributed by atoms with E-state index in [0.717, 1.165) is 6.08 Å². The van der Waals surface area contributed by atoms with Gasteiger partial charge in [0.15, 0.2) is 6.61 Å². The molecular formula is C25H27F3N2O9. The number of aliphatic hydroxyl groups excluding tert-OH is 1. The lowest BCUT2D eigenvalue weighted by Gasteiger charge is -2.30. The van der Waals surface area contributed by atoms with Crippen molar-refractivity contribution in [1.82, 2.24) is 10.6 Å². The van der Waals surface area contributed by atoms with Crippen LogP contribution >= 0.6 is 0 Å². The quantitative estimate of drug-likeness (QED) is 0.268. The molecular weight excluding hydrogens is 529 g/mol. The van der Waals surface area contributed by atoms with Gasteiger partial charge in [-0.25, -0.2) is 9.59 Å². The third-order valence-corrected chi connectivity index (χ3v) is 5.56. The summed E-state index contributed by atoms with van der Waals surface area (Å²) in [6, 6.07) is 5.72. The van der Waals surface area contributed by atoms with E-state index in [2.05, 4.69) is 15.4 Å².